The molecule has 3 unspecified atom stereocenters. The molecule has 2 N–H and O–H groups in total. The summed E-state index contributed by atoms with van der Waals surface area (Å²) in [6, 6.07) is 17.0. The molecule has 1 fully saturated rings. The molecule has 0 aromatic heterocycles. The fourth-order valence-electron chi connectivity index (χ4n) is 3.76. The number of aromatic hydroxyl groups is 1. The van der Waals surface area contributed by atoms with E-state index in [1.807, 2.05) is 42.3 Å². The maximum atomic E-state index is 12.6. The summed E-state index contributed by atoms with van der Waals surface area (Å²) in [5.41, 5.74) is 7.45. The van der Waals surface area contributed by atoms with E-state index in [9.17, 15) is 9.90 Å². The van der Waals surface area contributed by atoms with Crippen LogP contribution in [0.5, 0.6) is 5.75 Å². The van der Waals surface area contributed by atoms with Gasteiger partial charge in [-0.2, -0.15) is 0 Å². The van der Waals surface area contributed by atoms with Gasteiger partial charge in [-0.3, -0.25) is 5.01 Å². The molecule has 0 amide bonds. The second-order valence-electron chi connectivity index (χ2n) is 6.96. The number of phenolic OH excluding ortho intramolecular Hbond substituents is 1. The normalized spacial score (nSPS) is 23.6. The molecule has 0 spiro atoms. The first-order valence-corrected chi connectivity index (χ1v) is 10.4. The van der Waals surface area contributed by atoms with E-state index in [2.05, 4.69) is 33.5 Å². The van der Waals surface area contributed by atoms with E-state index in [0.29, 0.717) is 5.71 Å². The van der Waals surface area contributed by atoms with Crippen molar-refractivity contribution < 1.29 is 14.6 Å². The Morgan fingerprint density at radius 3 is 2.55 bits per heavy atom. The highest BCUT2D eigenvalue weighted by molar-refractivity contribution is 9.09. The quantitative estimate of drug-likeness (QED) is 0.541. The Hall–Kier alpha value is -2.64. The third-order valence-corrected chi connectivity index (χ3v) is 6.13. The highest BCUT2D eigenvalue weighted by Gasteiger charge is 2.46. The molecule has 2 aromatic rings. The van der Waals surface area contributed by atoms with Crippen LogP contribution in [0.1, 0.15) is 31.0 Å². The Morgan fingerprint density at radius 1 is 1.21 bits per heavy atom. The van der Waals surface area contributed by atoms with Gasteiger partial charge in [0, 0.05) is 5.57 Å². The minimum atomic E-state index is -0.427. The van der Waals surface area contributed by atoms with Gasteiger partial charge in [-0.15, -0.1) is 0 Å². The Morgan fingerprint density at radius 2 is 1.90 bits per heavy atom. The highest BCUT2D eigenvalue weighted by Crippen LogP contribution is 2.41. The average Bonchev–Trinajstić information content (AvgIpc) is 3.05. The lowest BCUT2D eigenvalue weighted by Gasteiger charge is -2.33. The van der Waals surface area contributed by atoms with Gasteiger partial charge in [0.25, 0.3) is 0 Å². The zero-order chi connectivity index (χ0) is 20.5. The number of phenols is 1. The van der Waals surface area contributed by atoms with E-state index in [-0.39, 0.29) is 29.4 Å². The number of hydrogen-bond donors (Lipinski definition) is 2. The molecular weight excluding hydrogens is 434 g/mol. The Labute approximate surface area is 178 Å². The number of benzene rings is 2. The molecule has 29 heavy (non-hydrogen) atoms. The molecule has 0 saturated carbocycles. The summed E-state index contributed by atoms with van der Waals surface area (Å²) in [5, 5.41) is 11.7. The van der Waals surface area contributed by atoms with E-state index in [1.54, 1.807) is 19.1 Å². The van der Waals surface area contributed by atoms with Crippen molar-refractivity contribution in [2.75, 3.05) is 6.61 Å². The van der Waals surface area contributed by atoms with Gasteiger partial charge in [-0.05, 0) is 49.2 Å². The van der Waals surface area contributed by atoms with Crippen LogP contribution in [0.25, 0.3) is 5.70 Å². The van der Waals surface area contributed by atoms with Crippen molar-refractivity contribution in [1.29, 1.82) is 0 Å². The summed E-state index contributed by atoms with van der Waals surface area (Å²) < 4.78 is 5.25. The topological polar surface area (TPSA) is 74.2 Å². The second kappa shape index (κ2) is 8.00. The maximum Gasteiger partial charge on any atom is 0.356 e. The third kappa shape index (κ3) is 3.56. The molecule has 0 radical (unpaired) electrons. The van der Waals surface area contributed by atoms with Crippen LogP contribution in [0.15, 0.2) is 65.2 Å². The number of fused-ring (bicyclic) bond motifs is 1. The lowest BCUT2D eigenvalue weighted by atomic mass is 9.99. The van der Waals surface area contributed by atoms with Crippen molar-refractivity contribution in [3.05, 3.63) is 71.3 Å². The van der Waals surface area contributed by atoms with Crippen molar-refractivity contribution >= 4 is 33.3 Å². The lowest BCUT2D eigenvalue weighted by Crippen LogP contribution is -2.42. The van der Waals surface area contributed by atoms with Crippen molar-refractivity contribution in [3.8, 4) is 5.75 Å². The molecule has 0 bridgehead atoms. The van der Waals surface area contributed by atoms with Gasteiger partial charge in [0.1, 0.15) is 5.75 Å². The molecule has 3 atom stereocenters. The van der Waals surface area contributed by atoms with Crippen LogP contribution < -0.4 is 5.43 Å². The Bertz CT molecular complexity index is 973. The fraction of sp³-hybridized carbons (Fsp3) is 0.273. The first-order chi connectivity index (χ1) is 14.0. The predicted octanol–water partition coefficient (Wildman–Crippen LogP) is 3.79. The van der Waals surface area contributed by atoms with Crippen molar-refractivity contribution in [2.24, 2.45) is 4.99 Å². The number of rotatable bonds is 4. The van der Waals surface area contributed by atoms with Gasteiger partial charge in [0.15, 0.2) is 11.9 Å². The van der Waals surface area contributed by atoms with Gasteiger partial charge in [-0.1, -0.05) is 46.3 Å². The van der Waals surface area contributed by atoms with Crippen LogP contribution in [0, 0.1) is 0 Å². The zero-order valence-electron chi connectivity index (χ0n) is 16.2. The van der Waals surface area contributed by atoms with Gasteiger partial charge in [0.05, 0.1) is 23.2 Å². The average molecular weight is 456 g/mol. The van der Waals surface area contributed by atoms with Gasteiger partial charge >= 0.3 is 5.97 Å². The molecule has 0 aliphatic carbocycles. The molecule has 7 heteroatoms. The van der Waals surface area contributed by atoms with Crippen molar-refractivity contribution in [2.45, 2.75) is 30.9 Å². The molecule has 150 valence electrons. The maximum absolute atomic E-state index is 12.6. The summed E-state index contributed by atoms with van der Waals surface area (Å²) in [4.78, 5) is 17.3. The number of esters is 1. The third-order valence-electron chi connectivity index (χ3n) is 5.13. The van der Waals surface area contributed by atoms with Crippen molar-refractivity contribution in [1.82, 2.24) is 10.4 Å². The molecular formula is C22H22BrN3O3. The summed E-state index contributed by atoms with van der Waals surface area (Å²) in [5.74, 6) is -0.239. The zero-order valence-corrected chi connectivity index (χ0v) is 17.8. The summed E-state index contributed by atoms with van der Waals surface area (Å²) in [6.07, 6.45) is -0.327. The van der Waals surface area contributed by atoms with Crippen LogP contribution in [-0.4, -0.2) is 39.4 Å². The number of halogens is 1. The SMILES string of the molecule is CCOC(=O)C1=NC2C(Br)C(c3ccccc3)NN2C(c2ccc(O)cc2)=C1C. The van der Waals surface area contributed by atoms with Gasteiger partial charge in [-0.25, -0.2) is 15.2 Å². The highest BCUT2D eigenvalue weighted by atomic mass is 79.9. The van der Waals surface area contributed by atoms with Crippen LogP contribution >= 0.6 is 15.9 Å². The number of nitrogens with zero attached hydrogens (tertiary/aromatic N) is 2. The van der Waals surface area contributed by atoms with Crippen LogP contribution in [-0.2, 0) is 9.53 Å². The monoisotopic (exact) mass is 455 g/mol. The lowest BCUT2D eigenvalue weighted by molar-refractivity contribution is -0.135. The minimum absolute atomic E-state index is 0.0218. The number of hydrazine groups is 1. The molecule has 2 aliphatic heterocycles. The number of ether oxygens (including phenoxy) is 1. The van der Waals surface area contributed by atoms with E-state index in [4.69, 9.17) is 9.73 Å². The van der Waals surface area contributed by atoms with E-state index < -0.39 is 5.97 Å². The number of nitrogens with one attached hydrogen (secondary N) is 1. The fourth-order valence-corrected chi connectivity index (χ4v) is 4.54. The number of alkyl halides is 1. The molecule has 1 saturated heterocycles. The van der Waals surface area contributed by atoms with E-state index in [1.165, 1.54) is 0 Å². The number of carbonyl (C=O) groups excluding carboxylic acids is 1. The first kappa shape index (κ1) is 19.7. The largest absolute Gasteiger partial charge is 0.508 e. The standard InChI is InChI=1S/C22H22BrN3O3/c1-3-29-22(28)18-13(2)20(15-9-11-16(27)12-10-15)26-21(24-18)17(23)19(25-26)14-7-5-4-6-8-14/h4-12,17,19,21,25,27H,3H2,1-2H3. The summed E-state index contributed by atoms with van der Waals surface area (Å²) in [6.45, 7) is 3.94. The van der Waals surface area contributed by atoms with Crippen LogP contribution in [0.2, 0.25) is 0 Å². The summed E-state index contributed by atoms with van der Waals surface area (Å²) in [7, 11) is 0. The van der Waals surface area contributed by atoms with Crippen molar-refractivity contribution in [3.63, 3.8) is 0 Å². The van der Waals surface area contributed by atoms with Gasteiger partial charge < -0.3 is 9.84 Å². The molecule has 6 nitrogen and oxygen atoms in total. The van der Waals surface area contributed by atoms with Crippen LogP contribution in [0.3, 0.4) is 0 Å². The second-order valence-corrected chi connectivity index (χ2v) is 8.02. The number of carbonyl (C=O) groups is 1. The Balaban J connectivity index is 1.81. The molecule has 2 aromatic carbocycles. The Kier molecular flexibility index (Phi) is 5.43. The van der Waals surface area contributed by atoms with E-state index >= 15 is 0 Å². The predicted molar refractivity (Wildman–Crippen MR) is 115 cm³/mol. The van der Waals surface area contributed by atoms with Crippen LogP contribution in [0.4, 0.5) is 0 Å². The molecule has 4 rings (SSSR count). The number of hydrogen-bond acceptors (Lipinski definition) is 6. The minimum Gasteiger partial charge on any atom is -0.508 e. The van der Waals surface area contributed by atoms with E-state index in [0.717, 1.165) is 22.4 Å². The molecule has 2 aliphatic rings. The first-order valence-electron chi connectivity index (χ1n) is 9.51. The number of aliphatic imine (C=N–C) groups is 1. The van der Waals surface area contributed by atoms with Gasteiger partial charge in [0.2, 0.25) is 0 Å². The smallest absolute Gasteiger partial charge is 0.356 e. The summed E-state index contributed by atoms with van der Waals surface area (Å²) >= 11 is 3.80. The molecule has 2 heterocycles.